The Kier molecular flexibility index (Phi) is 6.46. The van der Waals surface area contributed by atoms with Crippen LogP contribution in [-0.4, -0.2) is 25.3 Å². The molecule has 0 aliphatic carbocycles. The maximum absolute atomic E-state index is 11.8. The van der Waals surface area contributed by atoms with Crippen LogP contribution < -0.4 is 14.9 Å². The number of amides is 1. The molecule has 0 saturated heterocycles. The first-order chi connectivity index (χ1) is 11.5. The van der Waals surface area contributed by atoms with Gasteiger partial charge in [0.2, 0.25) is 0 Å². The molecule has 7 heteroatoms. The first kappa shape index (κ1) is 18.1. The summed E-state index contributed by atoms with van der Waals surface area (Å²) in [7, 11) is 1.60. The lowest BCUT2D eigenvalue weighted by Gasteiger charge is -2.08. The second-order valence-corrected chi connectivity index (χ2v) is 5.67. The van der Waals surface area contributed by atoms with Crippen LogP contribution in [0.1, 0.15) is 12.5 Å². The van der Waals surface area contributed by atoms with Gasteiger partial charge in [0, 0.05) is 5.02 Å². The summed E-state index contributed by atoms with van der Waals surface area (Å²) in [6.45, 7) is 1.58. The molecular formula is C17H16Cl2N2O3. The van der Waals surface area contributed by atoms with E-state index < -0.39 is 5.91 Å². The highest BCUT2D eigenvalue weighted by Gasteiger charge is 2.06. The molecule has 0 heterocycles. The third-order valence-electron chi connectivity index (χ3n) is 3.11. The number of ether oxygens (including phenoxy) is 2. The van der Waals surface area contributed by atoms with Crippen molar-refractivity contribution in [3.63, 3.8) is 0 Å². The fourth-order valence-corrected chi connectivity index (χ4v) is 2.27. The zero-order valence-electron chi connectivity index (χ0n) is 13.2. The van der Waals surface area contributed by atoms with Gasteiger partial charge < -0.3 is 9.47 Å². The van der Waals surface area contributed by atoms with E-state index in [1.807, 2.05) is 24.3 Å². The number of carbonyl (C=O) groups is 1. The number of nitrogens with one attached hydrogen (secondary N) is 1. The number of hydrogen-bond acceptors (Lipinski definition) is 4. The van der Waals surface area contributed by atoms with Crippen LogP contribution in [0.25, 0.3) is 0 Å². The molecule has 0 unspecified atom stereocenters. The van der Waals surface area contributed by atoms with E-state index in [1.165, 1.54) is 0 Å². The van der Waals surface area contributed by atoms with Gasteiger partial charge >= 0.3 is 0 Å². The van der Waals surface area contributed by atoms with Crippen LogP contribution in [0.4, 0.5) is 0 Å². The first-order valence-corrected chi connectivity index (χ1v) is 7.80. The lowest BCUT2D eigenvalue weighted by molar-refractivity contribution is -0.123. The number of hydrazone groups is 1. The monoisotopic (exact) mass is 366 g/mol. The fourth-order valence-electron chi connectivity index (χ4n) is 1.81. The molecule has 5 nitrogen and oxygen atoms in total. The van der Waals surface area contributed by atoms with E-state index in [1.54, 1.807) is 32.2 Å². The Hall–Kier alpha value is -2.24. The summed E-state index contributed by atoms with van der Waals surface area (Å²) in [5.74, 6) is 0.741. The zero-order chi connectivity index (χ0) is 17.5. The number of halogens is 2. The average Bonchev–Trinajstić information content (AvgIpc) is 2.59. The van der Waals surface area contributed by atoms with Gasteiger partial charge in [-0.25, -0.2) is 5.43 Å². The van der Waals surface area contributed by atoms with Crippen molar-refractivity contribution in [2.24, 2.45) is 5.10 Å². The molecule has 126 valence electrons. The van der Waals surface area contributed by atoms with Crippen LogP contribution in [0.2, 0.25) is 10.0 Å². The van der Waals surface area contributed by atoms with Crippen LogP contribution >= 0.6 is 23.2 Å². The molecule has 24 heavy (non-hydrogen) atoms. The van der Waals surface area contributed by atoms with Crippen LogP contribution in [0.5, 0.6) is 11.5 Å². The minimum Gasteiger partial charge on any atom is -0.497 e. The fraction of sp³-hybridized carbons (Fsp3) is 0.176. The molecule has 0 saturated carbocycles. The van der Waals surface area contributed by atoms with Gasteiger partial charge in [-0.2, -0.15) is 5.10 Å². The highest BCUT2D eigenvalue weighted by Crippen LogP contribution is 2.27. The molecule has 1 amide bonds. The Morgan fingerprint density at radius 3 is 2.50 bits per heavy atom. The second kappa shape index (κ2) is 8.57. The van der Waals surface area contributed by atoms with Crippen LogP contribution in [0.3, 0.4) is 0 Å². The van der Waals surface area contributed by atoms with Crippen molar-refractivity contribution in [1.82, 2.24) is 5.43 Å². The molecule has 0 spiro atoms. The molecule has 1 N–H and O–H groups in total. The van der Waals surface area contributed by atoms with Crippen LogP contribution in [-0.2, 0) is 4.79 Å². The average molecular weight is 367 g/mol. The summed E-state index contributed by atoms with van der Waals surface area (Å²) < 4.78 is 10.4. The van der Waals surface area contributed by atoms with Gasteiger partial charge in [-0.3, -0.25) is 4.79 Å². The third-order valence-corrected chi connectivity index (χ3v) is 3.64. The van der Waals surface area contributed by atoms with Crippen molar-refractivity contribution in [1.29, 1.82) is 0 Å². The number of rotatable bonds is 6. The lowest BCUT2D eigenvalue weighted by Crippen LogP contribution is -2.25. The minimum atomic E-state index is -0.395. The molecule has 0 radical (unpaired) electrons. The zero-order valence-corrected chi connectivity index (χ0v) is 14.7. The summed E-state index contributed by atoms with van der Waals surface area (Å²) in [4.78, 5) is 11.8. The normalized spacial score (nSPS) is 11.1. The summed E-state index contributed by atoms with van der Waals surface area (Å²) in [6, 6.07) is 12.1. The predicted octanol–water partition coefficient (Wildman–Crippen LogP) is 3.92. The molecule has 0 bridgehead atoms. The maximum atomic E-state index is 11.8. The van der Waals surface area contributed by atoms with Crippen molar-refractivity contribution < 1.29 is 14.3 Å². The van der Waals surface area contributed by atoms with Crippen LogP contribution in [0.15, 0.2) is 47.6 Å². The van der Waals surface area contributed by atoms with Gasteiger partial charge in [0.05, 0.1) is 17.8 Å². The Morgan fingerprint density at radius 1 is 1.17 bits per heavy atom. The van der Waals surface area contributed by atoms with Crippen molar-refractivity contribution >= 4 is 34.8 Å². The number of methoxy groups -OCH3 is 1. The number of carbonyl (C=O) groups excluding carboxylic acids is 1. The van der Waals surface area contributed by atoms with E-state index in [0.717, 1.165) is 11.3 Å². The van der Waals surface area contributed by atoms with Crippen molar-refractivity contribution in [2.45, 2.75) is 6.92 Å². The molecule has 0 fully saturated rings. The Labute approximate surface area is 150 Å². The summed E-state index contributed by atoms with van der Waals surface area (Å²) >= 11 is 11.8. The number of hydrogen-bond donors (Lipinski definition) is 1. The molecule has 0 aromatic heterocycles. The van der Waals surface area contributed by atoms with Crippen LogP contribution in [0, 0.1) is 0 Å². The Bertz CT molecular complexity index is 746. The Balaban J connectivity index is 1.89. The topological polar surface area (TPSA) is 59.9 Å². The smallest absolute Gasteiger partial charge is 0.277 e. The number of nitrogens with zero attached hydrogens (tertiary/aromatic N) is 1. The summed E-state index contributed by atoms with van der Waals surface area (Å²) in [6.07, 6.45) is 0. The van der Waals surface area contributed by atoms with Gasteiger partial charge in [-0.15, -0.1) is 0 Å². The van der Waals surface area contributed by atoms with Gasteiger partial charge in [0.25, 0.3) is 5.91 Å². The third kappa shape index (κ3) is 5.15. The maximum Gasteiger partial charge on any atom is 0.277 e. The molecule has 2 rings (SSSR count). The summed E-state index contributed by atoms with van der Waals surface area (Å²) in [5.41, 5.74) is 3.97. The summed E-state index contributed by atoms with van der Waals surface area (Å²) in [5, 5.41) is 4.88. The van der Waals surface area contributed by atoms with Gasteiger partial charge in [0.1, 0.15) is 11.5 Å². The molecule has 0 aliphatic rings. The van der Waals surface area contributed by atoms with E-state index >= 15 is 0 Å². The molecule has 0 aliphatic heterocycles. The molecule has 2 aromatic carbocycles. The minimum absolute atomic E-state index is 0.208. The SMILES string of the molecule is COc1ccc(C(C)=NNC(=O)COc2ccc(Cl)cc2Cl)cc1. The van der Waals surface area contributed by atoms with Gasteiger partial charge in [-0.05, 0) is 55.0 Å². The Morgan fingerprint density at radius 2 is 1.88 bits per heavy atom. The second-order valence-electron chi connectivity index (χ2n) is 4.82. The van der Waals surface area contributed by atoms with Gasteiger partial charge in [0.15, 0.2) is 6.61 Å². The van der Waals surface area contributed by atoms with E-state index in [2.05, 4.69) is 10.5 Å². The van der Waals surface area contributed by atoms with E-state index in [9.17, 15) is 4.79 Å². The van der Waals surface area contributed by atoms with Crippen molar-refractivity contribution in [2.75, 3.05) is 13.7 Å². The highest BCUT2D eigenvalue weighted by molar-refractivity contribution is 6.35. The lowest BCUT2D eigenvalue weighted by atomic mass is 10.1. The van der Waals surface area contributed by atoms with Crippen molar-refractivity contribution in [3.8, 4) is 11.5 Å². The van der Waals surface area contributed by atoms with Gasteiger partial charge in [-0.1, -0.05) is 23.2 Å². The van der Waals surface area contributed by atoms with E-state index in [4.69, 9.17) is 32.7 Å². The molecule has 2 aromatic rings. The largest absolute Gasteiger partial charge is 0.497 e. The molecular weight excluding hydrogens is 351 g/mol. The van der Waals surface area contributed by atoms with Crippen molar-refractivity contribution in [3.05, 3.63) is 58.1 Å². The first-order valence-electron chi connectivity index (χ1n) is 7.05. The number of benzene rings is 2. The van der Waals surface area contributed by atoms with E-state index in [0.29, 0.717) is 21.5 Å². The predicted molar refractivity (Wildman–Crippen MR) is 95.3 cm³/mol. The standard InChI is InChI=1S/C17H16Cl2N2O3/c1-11(12-3-6-14(23-2)7-4-12)20-21-17(22)10-24-16-8-5-13(18)9-15(16)19/h3-9H,10H2,1-2H3,(H,21,22). The quantitative estimate of drug-likeness (QED) is 0.622. The highest BCUT2D eigenvalue weighted by atomic mass is 35.5. The molecule has 0 atom stereocenters. The van der Waals surface area contributed by atoms with E-state index in [-0.39, 0.29) is 6.61 Å².